The van der Waals surface area contributed by atoms with Crippen LogP contribution >= 0.6 is 0 Å². The number of benzene rings is 1. The lowest BCUT2D eigenvalue weighted by Crippen LogP contribution is -1.98. The Labute approximate surface area is 91.3 Å². The van der Waals surface area contributed by atoms with Gasteiger partial charge in [0.15, 0.2) is 0 Å². The summed E-state index contributed by atoms with van der Waals surface area (Å²) in [6, 6.07) is 8.36. The second-order valence-electron chi connectivity index (χ2n) is 3.92. The van der Waals surface area contributed by atoms with Gasteiger partial charge in [-0.1, -0.05) is 24.3 Å². The molecule has 0 aliphatic carbocycles. The van der Waals surface area contributed by atoms with E-state index in [1.165, 1.54) is 11.1 Å². The summed E-state index contributed by atoms with van der Waals surface area (Å²) >= 11 is 0. The molecule has 1 fully saturated rings. The zero-order valence-corrected chi connectivity index (χ0v) is 9.62. The van der Waals surface area contributed by atoms with Gasteiger partial charge in [-0.3, -0.25) is 4.79 Å². The van der Waals surface area contributed by atoms with E-state index < -0.39 is 0 Å². The van der Waals surface area contributed by atoms with Gasteiger partial charge in [-0.15, -0.1) is 0 Å². The van der Waals surface area contributed by atoms with Crippen LogP contribution in [-0.2, 0) is 9.53 Å². The highest BCUT2D eigenvalue weighted by Crippen LogP contribution is 2.11. The average molecular weight is 206 g/mol. The monoisotopic (exact) mass is 206 g/mol. The maximum atomic E-state index is 10.2. The van der Waals surface area contributed by atoms with Gasteiger partial charge in [-0.25, -0.2) is 0 Å². The SMILES string of the molecule is CC1CCC(=O)O1.Cc1ccccc1C. The summed E-state index contributed by atoms with van der Waals surface area (Å²) in [5.74, 6) is -0.0486. The molecule has 0 amide bonds. The summed E-state index contributed by atoms with van der Waals surface area (Å²) in [4.78, 5) is 10.2. The van der Waals surface area contributed by atoms with Gasteiger partial charge in [-0.2, -0.15) is 0 Å². The largest absolute Gasteiger partial charge is 0.463 e. The Hall–Kier alpha value is -1.31. The van der Waals surface area contributed by atoms with Gasteiger partial charge in [0.1, 0.15) is 0 Å². The van der Waals surface area contributed by atoms with Crippen LogP contribution in [0.4, 0.5) is 0 Å². The molecule has 0 bridgehead atoms. The van der Waals surface area contributed by atoms with Gasteiger partial charge < -0.3 is 4.74 Å². The fourth-order valence-electron chi connectivity index (χ4n) is 1.33. The highest BCUT2D eigenvalue weighted by molar-refractivity contribution is 5.71. The molecular formula is C13H18O2. The summed E-state index contributed by atoms with van der Waals surface area (Å²) in [6.45, 7) is 6.15. The van der Waals surface area contributed by atoms with E-state index in [9.17, 15) is 4.79 Å². The van der Waals surface area contributed by atoms with Crippen LogP contribution in [-0.4, -0.2) is 12.1 Å². The number of hydrogen-bond acceptors (Lipinski definition) is 2. The van der Waals surface area contributed by atoms with Crippen molar-refractivity contribution < 1.29 is 9.53 Å². The number of hydrogen-bond donors (Lipinski definition) is 0. The lowest BCUT2D eigenvalue weighted by atomic mass is 10.1. The van der Waals surface area contributed by atoms with E-state index >= 15 is 0 Å². The third-order valence-corrected chi connectivity index (χ3v) is 2.51. The van der Waals surface area contributed by atoms with Crippen molar-refractivity contribution in [3.63, 3.8) is 0 Å². The van der Waals surface area contributed by atoms with E-state index in [0.717, 1.165) is 6.42 Å². The molecule has 1 aliphatic heterocycles. The maximum absolute atomic E-state index is 10.2. The molecule has 0 N–H and O–H groups in total. The van der Waals surface area contributed by atoms with Crippen LogP contribution in [0.15, 0.2) is 24.3 Å². The smallest absolute Gasteiger partial charge is 0.306 e. The molecule has 0 spiro atoms. The van der Waals surface area contributed by atoms with Crippen molar-refractivity contribution in [3.05, 3.63) is 35.4 Å². The third-order valence-electron chi connectivity index (χ3n) is 2.51. The molecule has 2 heteroatoms. The first-order chi connectivity index (χ1) is 7.09. The van der Waals surface area contributed by atoms with Gasteiger partial charge in [0.05, 0.1) is 6.10 Å². The molecule has 1 aliphatic rings. The molecule has 1 saturated heterocycles. The number of carbonyl (C=O) groups excluding carboxylic acids is 1. The minimum Gasteiger partial charge on any atom is -0.463 e. The van der Waals surface area contributed by atoms with Crippen LogP contribution in [0.25, 0.3) is 0 Å². The zero-order valence-electron chi connectivity index (χ0n) is 9.62. The van der Waals surface area contributed by atoms with Crippen molar-refractivity contribution in [2.75, 3.05) is 0 Å². The summed E-state index contributed by atoms with van der Waals surface area (Å²) in [5, 5.41) is 0. The summed E-state index contributed by atoms with van der Waals surface area (Å²) in [7, 11) is 0. The normalized spacial score (nSPS) is 19.1. The van der Waals surface area contributed by atoms with Crippen LogP contribution in [0.5, 0.6) is 0 Å². The summed E-state index contributed by atoms with van der Waals surface area (Å²) < 4.78 is 4.72. The summed E-state index contributed by atoms with van der Waals surface area (Å²) in [6.07, 6.45) is 1.69. The van der Waals surface area contributed by atoms with Gasteiger partial charge in [0.25, 0.3) is 0 Å². The average Bonchev–Trinajstić information content (AvgIpc) is 2.56. The van der Waals surface area contributed by atoms with Crippen molar-refractivity contribution in [3.8, 4) is 0 Å². The highest BCUT2D eigenvalue weighted by atomic mass is 16.5. The van der Waals surface area contributed by atoms with E-state index in [4.69, 9.17) is 4.74 Å². The van der Waals surface area contributed by atoms with Crippen LogP contribution in [0.3, 0.4) is 0 Å². The first kappa shape index (κ1) is 11.8. The second kappa shape index (κ2) is 5.54. The van der Waals surface area contributed by atoms with Crippen molar-refractivity contribution >= 4 is 5.97 Å². The third kappa shape index (κ3) is 4.15. The second-order valence-corrected chi connectivity index (χ2v) is 3.92. The Morgan fingerprint density at radius 1 is 1.20 bits per heavy atom. The van der Waals surface area contributed by atoms with Crippen molar-refractivity contribution in [2.24, 2.45) is 0 Å². The van der Waals surface area contributed by atoms with Gasteiger partial charge in [-0.05, 0) is 38.3 Å². The summed E-state index contributed by atoms with van der Waals surface area (Å²) in [5.41, 5.74) is 2.74. The molecule has 1 heterocycles. The van der Waals surface area contributed by atoms with Crippen molar-refractivity contribution in [1.29, 1.82) is 0 Å². The van der Waals surface area contributed by atoms with Crippen LogP contribution in [0.1, 0.15) is 30.9 Å². The Morgan fingerprint density at radius 3 is 1.93 bits per heavy atom. The highest BCUT2D eigenvalue weighted by Gasteiger charge is 2.17. The van der Waals surface area contributed by atoms with Crippen LogP contribution < -0.4 is 0 Å². The molecule has 82 valence electrons. The minimum absolute atomic E-state index is 0.0486. The molecule has 1 aromatic carbocycles. The fraction of sp³-hybridized carbons (Fsp3) is 0.462. The Bertz CT molecular complexity index is 310. The molecule has 1 atom stereocenters. The topological polar surface area (TPSA) is 26.3 Å². The lowest BCUT2D eigenvalue weighted by Gasteiger charge is -1.95. The number of esters is 1. The first-order valence-corrected chi connectivity index (χ1v) is 5.31. The minimum atomic E-state index is -0.0486. The van der Waals surface area contributed by atoms with Gasteiger partial charge in [0, 0.05) is 6.42 Å². The molecule has 2 nitrogen and oxygen atoms in total. The molecule has 0 saturated carbocycles. The van der Waals surface area contributed by atoms with Gasteiger partial charge in [0.2, 0.25) is 0 Å². The van der Waals surface area contributed by atoms with Crippen LogP contribution in [0.2, 0.25) is 0 Å². The Morgan fingerprint density at radius 2 is 1.73 bits per heavy atom. The predicted molar refractivity (Wildman–Crippen MR) is 60.7 cm³/mol. The van der Waals surface area contributed by atoms with E-state index in [-0.39, 0.29) is 12.1 Å². The number of rotatable bonds is 0. The molecule has 1 unspecified atom stereocenters. The number of ether oxygens (including phenoxy) is 1. The number of carbonyl (C=O) groups is 1. The van der Waals surface area contributed by atoms with E-state index in [1.54, 1.807) is 0 Å². The molecule has 0 radical (unpaired) electrons. The van der Waals surface area contributed by atoms with E-state index in [2.05, 4.69) is 38.1 Å². The zero-order chi connectivity index (χ0) is 11.3. The van der Waals surface area contributed by atoms with Crippen molar-refractivity contribution in [2.45, 2.75) is 39.7 Å². The van der Waals surface area contributed by atoms with Crippen LogP contribution in [0, 0.1) is 13.8 Å². The Kier molecular flexibility index (Phi) is 4.35. The predicted octanol–water partition coefficient (Wildman–Crippen LogP) is 3.02. The number of aryl methyl sites for hydroxylation is 2. The van der Waals surface area contributed by atoms with Crippen molar-refractivity contribution in [1.82, 2.24) is 0 Å². The molecule has 2 rings (SSSR count). The maximum Gasteiger partial charge on any atom is 0.306 e. The Balaban J connectivity index is 0.000000151. The first-order valence-electron chi connectivity index (χ1n) is 5.31. The fourth-order valence-corrected chi connectivity index (χ4v) is 1.33. The number of cyclic esters (lactones) is 1. The molecule has 0 aromatic heterocycles. The van der Waals surface area contributed by atoms with Gasteiger partial charge >= 0.3 is 5.97 Å². The quantitative estimate of drug-likeness (QED) is 0.610. The molecule has 15 heavy (non-hydrogen) atoms. The lowest BCUT2D eigenvalue weighted by molar-refractivity contribution is -0.140. The standard InChI is InChI=1S/C8H10.C5H8O2/c1-7-5-3-4-6-8(7)2;1-4-2-3-5(6)7-4/h3-6H,1-2H3;4H,2-3H2,1H3. The molecule has 1 aromatic rings. The van der Waals surface area contributed by atoms with E-state index in [1.807, 2.05) is 6.92 Å². The molecular weight excluding hydrogens is 188 g/mol. The van der Waals surface area contributed by atoms with E-state index in [0.29, 0.717) is 6.42 Å².